The Balaban J connectivity index is 1.11. The van der Waals surface area contributed by atoms with Gasteiger partial charge in [-0.1, -0.05) is 36.4 Å². The molecule has 1 aromatic heterocycles. The Morgan fingerprint density at radius 3 is 2.55 bits per heavy atom. The minimum Gasteiger partial charge on any atom is -0.493 e. The summed E-state index contributed by atoms with van der Waals surface area (Å²) < 4.78 is 14.1. The topological polar surface area (TPSA) is 54.7 Å². The van der Waals surface area contributed by atoms with E-state index < -0.39 is 0 Å². The molecule has 6 rings (SSSR count). The molecule has 0 amide bonds. The monoisotopic (exact) mass is 536 g/mol. The lowest BCUT2D eigenvalue weighted by Gasteiger charge is -2.32. The van der Waals surface area contributed by atoms with E-state index in [9.17, 15) is 4.79 Å². The lowest BCUT2D eigenvalue weighted by molar-refractivity contribution is -0.700. The second-order valence-corrected chi connectivity index (χ2v) is 11.1. The summed E-state index contributed by atoms with van der Waals surface area (Å²) in [6.45, 7) is 3.54. The van der Waals surface area contributed by atoms with Crippen LogP contribution in [0.4, 0.5) is 5.69 Å². The summed E-state index contributed by atoms with van der Waals surface area (Å²) in [6.07, 6.45) is 6.07. The number of hydrogen-bond donors (Lipinski definition) is 1. The van der Waals surface area contributed by atoms with Gasteiger partial charge in [-0.2, -0.15) is 4.57 Å². The van der Waals surface area contributed by atoms with Crippen LogP contribution >= 0.6 is 0 Å². The maximum absolute atomic E-state index is 13.4. The van der Waals surface area contributed by atoms with Gasteiger partial charge >= 0.3 is 0 Å². The number of methoxy groups -OCH3 is 1. The van der Waals surface area contributed by atoms with Crippen molar-refractivity contribution in [3.8, 4) is 11.5 Å². The number of carbonyl (C=O) groups is 1. The third kappa shape index (κ3) is 5.41. The van der Waals surface area contributed by atoms with Crippen molar-refractivity contribution in [1.29, 1.82) is 0 Å². The highest BCUT2D eigenvalue weighted by Crippen LogP contribution is 2.40. The van der Waals surface area contributed by atoms with Crippen molar-refractivity contribution in [3.05, 3.63) is 95.7 Å². The SMILES string of the molecule is CNc1cccc2ccc[n+](COc3cc4c(cc3OC)C(=O)C(CC3CCN(Cc5ccccc5)CC3)C4)c12. The summed E-state index contributed by atoms with van der Waals surface area (Å²) in [4.78, 5) is 16.0. The highest BCUT2D eigenvalue weighted by atomic mass is 16.5. The zero-order valence-electron chi connectivity index (χ0n) is 23.4. The Labute approximate surface area is 236 Å². The van der Waals surface area contributed by atoms with E-state index in [1.54, 1.807) is 7.11 Å². The highest BCUT2D eigenvalue weighted by Gasteiger charge is 2.34. The van der Waals surface area contributed by atoms with Gasteiger partial charge in [0.25, 0.3) is 6.73 Å². The van der Waals surface area contributed by atoms with Gasteiger partial charge in [-0.15, -0.1) is 0 Å². The molecule has 0 radical (unpaired) electrons. The minimum atomic E-state index is 0.0475. The van der Waals surface area contributed by atoms with Gasteiger partial charge in [0.2, 0.25) is 5.52 Å². The largest absolute Gasteiger partial charge is 0.493 e. The third-order valence-corrected chi connectivity index (χ3v) is 8.59. The smallest absolute Gasteiger partial charge is 0.292 e. The molecule has 1 N–H and O–H groups in total. The molecule has 1 aliphatic heterocycles. The Morgan fingerprint density at radius 1 is 0.975 bits per heavy atom. The number of fused-ring (bicyclic) bond motifs is 2. The molecule has 6 nitrogen and oxygen atoms in total. The first-order valence-electron chi connectivity index (χ1n) is 14.4. The third-order valence-electron chi connectivity index (χ3n) is 8.59. The van der Waals surface area contributed by atoms with E-state index in [1.807, 2.05) is 37.5 Å². The predicted molar refractivity (Wildman–Crippen MR) is 158 cm³/mol. The first-order valence-corrected chi connectivity index (χ1v) is 14.4. The molecule has 6 heteroatoms. The van der Waals surface area contributed by atoms with Crippen molar-refractivity contribution >= 4 is 22.4 Å². The number of nitrogens with one attached hydrogen (secondary N) is 1. The molecule has 1 saturated heterocycles. The molecule has 206 valence electrons. The van der Waals surface area contributed by atoms with Crippen LogP contribution in [0.25, 0.3) is 10.9 Å². The lowest BCUT2D eigenvalue weighted by atomic mass is 9.85. The van der Waals surface area contributed by atoms with Crippen molar-refractivity contribution in [2.24, 2.45) is 11.8 Å². The fraction of sp³-hybridized carbons (Fsp3) is 0.353. The highest BCUT2D eigenvalue weighted by molar-refractivity contribution is 6.03. The quantitative estimate of drug-likeness (QED) is 0.271. The summed E-state index contributed by atoms with van der Waals surface area (Å²) in [6, 6.07) is 24.9. The number of pyridine rings is 1. The number of likely N-dealkylation sites (tertiary alicyclic amines) is 1. The van der Waals surface area contributed by atoms with E-state index in [4.69, 9.17) is 9.47 Å². The van der Waals surface area contributed by atoms with Crippen LogP contribution in [-0.4, -0.2) is 37.9 Å². The Morgan fingerprint density at radius 2 is 1.77 bits per heavy atom. The van der Waals surface area contributed by atoms with Crippen molar-refractivity contribution < 1.29 is 18.8 Å². The summed E-state index contributed by atoms with van der Waals surface area (Å²) in [5.41, 5.74) is 5.37. The van der Waals surface area contributed by atoms with Crippen LogP contribution in [0.3, 0.4) is 0 Å². The number of ether oxygens (including phenoxy) is 2. The fourth-order valence-electron chi connectivity index (χ4n) is 6.46. The van der Waals surface area contributed by atoms with Gasteiger partial charge in [0.05, 0.1) is 7.11 Å². The first kappa shape index (κ1) is 26.3. The molecule has 1 aliphatic carbocycles. The second kappa shape index (κ2) is 11.7. The molecule has 1 unspecified atom stereocenters. The van der Waals surface area contributed by atoms with Gasteiger partial charge in [0, 0.05) is 36.5 Å². The molecule has 2 aliphatic rings. The molecule has 0 spiro atoms. The van der Waals surface area contributed by atoms with Crippen molar-refractivity contribution in [2.75, 3.05) is 32.6 Å². The number of para-hydroxylation sites is 1. The van der Waals surface area contributed by atoms with Crippen LogP contribution in [0.15, 0.2) is 79.0 Å². The lowest BCUT2D eigenvalue weighted by Crippen LogP contribution is -2.37. The van der Waals surface area contributed by atoms with E-state index >= 15 is 0 Å². The van der Waals surface area contributed by atoms with Crippen molar-refractivity contribution in [2.45, 2.75) is 39.0 Å². The van der Waals surface area contributed by atoms with E-state index in [0.717, 1.165) is 73.0 Å². The van der Waals surface area contributed by atoms with E-state index in [1.165, 1.54) is 5.56 Å². The fourth-order valence-corrected chi connectivity index (χ4v) is 6.46. The van der Waals surface area contributed by atoms with E-state index in [-0.39, 0.29) is 11.7 Å². The van der Waals surface area contributed by atoms with Crippen molar-refractivity contribution in [1.82, 2.24) is 4.90 Å². The van der Waals surface area contributed by atoms with E-state index in [0.29, 0.717) is 24.1 Å². The van der Waals surface area contributed by atoms with Gasteiger partial charge < -0.3 is 14.8 Å². The predicted octanol–water partition coefficient (Wildman–Crippen LogP) is 5.87. The van der Waals surface area contributed by atoms with Gasteiger partial charge in [-0.3, -0.25) is 9.69 Å². The number of carbonyl (C=O) groups excluding carboxylic acids is 1. The summed E-state index contributed by atoms with van der Waals surface area (Å²) >= 11 is 0. The van der Waals surface area contributed by atoms with Crippen LogP contribution in [0.2, 0.25) is 0 Å². The van der Waals surface area contributed by atoms with Crippen molar-refractivity contribution in [3.63, 3.8) is 0 Å². The molecule has 1 atom stereocenters. The Hall–Kier alpha value is -3.90. The van der Waals surface area contributed by atoms with E-state index in [2.05, 4.69) is 63.3 Å². The number of aromatic nitrogens is 1. The first-order chi connectivity index (χ1) is 19.6. The van der Waals surface area contributed by atoms with Gasteiger partial charge in [-0.25, -0.2) is 0 Å². The zero-order valence-corrected chi connectivity index (χ0v) is 23.4. The van der Waals surface area contributed by atoms with Gasteiger partial charge in [0.15, 0.2) is 23.5 Å². The number of hydrogen-bond acceptors (Lipinski definition) is 5. The van der Waals surface area contributed by atoms with Gasteiger partial charge in [0.1, 0.15) is 5.69 Å². The molecule has 0 bridgehead atoms. The number of piperidine rings is 1. The number of Topliss-reactive ketones (excluding diaryl/α,β-unsaturated/α-hetero) is 1. The van der Waals surface area contributed by atoms with Crippen LogP contribution in [0.5, 0.6) is 11.5 Å². The second-order valence-electron chi connectivity index (χ2n) is 11.1. The zero-order chi connectivity index (χ0) is 27.5. The number of anilines is 1. The molecule has 3 aromatic carbocycles. The average Bonchev–Trinajstić information content (AvgIpc) is 3.30. The molecule has 0 saturated carbocycles. The molecular formula is C34H38N3O3+. The maximum atomic E-state index is 13.4. The summed E-state index contributed by atoms with van der Waals surface area (Å²) in [5, 5.41) is 4.42. The molecule has 2 heterocycles. The molecule has 1 fully saturated rings. The summed E-state index contributed by atoms with van der Waals surface area (Å²) in [7, 11) is 3.57. The Bertz CT molecular complexity index is 1490. The number of rotatable bonds is 9. The normalized spacial score (nSPS) is 17.6. The number of nitrogens with zero attached hydrogens (tertiary/aromatic N) is 2. The minimum absolute atomic E-state index is 0.0475. The average molecular weight is 537 g/mol. The van der Waals surface area contributed by atoms with Crippen LogP contribution in [0, 0.1) is 11.8 Å². The standard InChI is InChI=1S/C34H38N3O3/c1-35-30-12-6-10-26-11-7-15-37(33(26)30)23-40-32-20-27-19-28(34(38)29(27)21-31(32)39-2)18-24-13-16-36(17-14-24)22-25-8-4-3-5-9-25/h3-12,15,20-21,24,28,35H,13-14,16-19,22-23H2,1-2H3/q+1. The number of ketones is 1. The van der Waals surface area contributed by atoms with Crippen LogP contribution < -0.4 is 19.4 Å². The number of benzene rings is 3. The summed E-state index contributed by atoms with van der Waals surface area (Å²) in [5.74, 6) is 2.18. The van der Waals surface area contributed by atoms with Crippen LogP contribution in [-0.2, 0) is 19.7 Å². The Kier molecular flexibility index (Phi) is 7.69. The van der Waals surface area contributed by atoms with Gasteiger partial charge in [-0.05, 0) is 86.1 Å². The molecule has 40 heavy (non-hydrogen) atoms. The maximum Gasteiger partial charge on any atom is 0.292 e. The van der Waals surface area contributed by atoms with Crippen LogP contribution in [0.1, 0.15) is 40.7 Å². The molecular weight excluding hydrogens is 498 g/mol. The molecule has 4 aromatic rings.